The molecule has 0 spiro atoms. The highest BCUT2D eigenvalue weighted by Crippen LogP contribution is 2.35. The lowest BCUT2D eigenvalue weighted by Gasteiger charge is -2.30. The molecule has 1 saturated heterocycles. The van der Waals surface area contributed by atoms with Crippen molar-refractivity contribution in [3.63, 3.8) is 0 Å². The van der Waals surface area contributed by atoms with Gasteiger partial charge in [0, 0.05) is 18.4 Å². The quantitative estimate of drug-likeness (QED) is 0.906. The number of hydrogen-bond donors (Lipinski definition) is 1. The van der Waals surface area contributed by atoms with Crippen molar-refractivity contribution in [1.82, 2.24) is 5.32 Å². The number of hydrogen-bond acceptors (Lipinski definition) is 1. The van der Waals surface area contributed by atoms with Gasteiger partial charge in [-0.25, -0.2) is 0 Å². The van der Waals surface area contributed by atoms with Gasteiger partial charge in [0.05, 0.1) is 0 Å². The molecular weight excluding hydrogens is 246 g/mol. The summed E-state index contributed by atoms with van der Waals surface area (Å²) in [6.07, 6.45) is 2.02. The molecule has 1 fully saturated rings. The lowest BCUT2D eigenvalue weighted by molar-refractivity contribution is -0.127. The van der Waals surface area contributed by atoms with E-state index in [1.54, 1.807) is 0 Å². The summed E-state index contributed by atoms with van der Waals surface area (Å²) in [7, 11) is 0. The van der Waals surface area contributed by atoms with Crippen molar-refractivity contribution < 1.29 is 4.79 Å². The van der Waals surface area contributed by atoms with Crippen LogP contribution in [0.25, 0.3) is 0 Å². The van der Waals surface area contributed by atoms with Gasteiger partial charge in [0.15, 0.2) is 0 Å². The Morgan fingerprint density at radius 3 is 1.95 bits per heavy atom. The fourth-order valence-electron chi connectivity index (χ4n) is 3.09. The van der Waals surface area contributed by atoms with Gasteiger partial charge in [-0.2, -0.15) is 0 Å². The van der Waals surface area contributed by atoms with Crippen LogP contribution in [0.4, 0.5) is 0 Å². The summed E-state index contributed by atoms with van der Waals surface area (Å²) in [4.78, 5) is 12.3. The minimum atomic E-state index is 0.0357. The fraction of sp³-hybridized carbons (Fsp3) is 0.278. The third kappa shape index (κ3) is 2.60. The summed E-state index contributed by atoms with van der Waals surface area (Å²) in [5, 5.41) is 3.01. The van der Waals surface area contributed by atoms with Crippen molar-refractivity contribution in [2.45, 2.75) is 18.8 Å². The highest BCUT2D eigenvalue weighted by Gasteiger charge is 2.32. The maximum Gasteiger partial charge on any atom is 0.224 e. The topological polar surface area (TPSA) is 29.1 Å². The highest BCUT2D eigenvalue weighted by molar-refractivity contribution is 5.81. The van der Waals surface area contributed by atoms with Gasteiger partial charge in [0.1, 0.15) is 0 Å². The average molecular weight is 265 g/mol. The fourth-order valence-corrected chi connectivity index (χ4v) is 3.09. The Bertz CT molecular complexity index is 525. The van der Waals surface area contributed by atoms with Crippen LogP contribution in [0.1, 0.15) is 29.9 Å². The van der Waals surface area contributed by atoms with Gasteiger partial charge in [0.2, 0.25) is 5.91 Å². The van der Waals surface area contributed by atoms with Gasteiger partial charge in [-0.05, 0) is 24.0 Å². The number of amides is 1. The predicted octanol–water partition coefficient (Wildman–Crippen LogP) is 3.34. The van der Waals surface area contributed by atoms with Crippen LogP contribution in [-0.4, -0.2) is 12.5 Å². The molecular formula is C18H19NO. The molecule has 0 saturated carbocycles. The second-order valence-electron chi connectivity index (χ2n) is 5.34. The highest BCUT2D eigenvalue weighted by atomic mass is 16.1. The van der Waals surface area contributed by atoms with Gasteiger partial charge in [0.25, 0.3) is 0 Å². The molecule has 0 aromatic heterocycles. The molecule has 3 rings (SSSR count). The molecule has 0 radical (unpaired) electrons. The molecule has 2 heteroatoms. The molecule has 1 amide bonds. The first-order chi connectivity index (χ1) is 9.86. The normalized spacial score (nSPS) is 18.9. The van der Waals surface area contributed by atoms with Gasteiger partial charge in [-0.3, -0.25) is 4.79 Å². The van der Waals surface area contributed by atoms with Crippen molar-refractivity contribution in [2.24, 2.45) is 5.92 Å². The number of benzene rings is 2. The Morgan fingerprint density at radius 2 is 1.45 bits per heavy atom. The summed E-state index contributed by atoms with van der Waals surface area (Å²) >= 11 is 0. The van der Waals surface area contributed by atoms with E-state index in [-0.39, 0.29) is 17.7 Å². The Morgan fingerprint density at radius 1 is 0.900 bits per heavy atom. The van der Waals surface area contributed by atoms with Gasteiger partial charge < -0.3 is 5.32 Å². The van der Waals surface area contributed by atoms with Gasteiger partial charge >= 0.3 is 0 Å². The van der Waals surface area contributed by atoms with Crippen LogP contribution in [0.15, 0.2) is 60.7 Å². The van der Waals surface area contributed by atoms with E-state index < -0.39 is 0 Å². The zero-order valence-corrected chi connectivity index (χ0v) is 11.5. The maximum absolute atomic E-state index is 12.3. The first-order valence-electron chi connectivity index (χ1n) is 7.24. The molecule has 1 heterocycles. The molecule has 0 bridgehead atoms. The standard InChI is InChI=1S/C18H19NO/c20-18-16(12-7-13-19-18)17(14-8-3-1-4-9-14)15-10-5-2-6-11-15/h1-6,8-11,16-17H,7,12-13H2,(H,19,20). The summed E-state index contributed by atoms with van der Waals surface area (Å²) in [6.45, 7) is 0.811. The van der Waals surface area contributed by atoms with Gasteiger partial charge in [-0.15, -0.1) is 0 Å². The monoisotopic (exact) mass is 265 g/mol. The Kier molecular flexibility index (Phi) is 3.82. The predicted molar refractivity (Wildman–Crippen MR) is 80.5 cm³/mol. The SMILES string of the molecule is O=C1NCCCC1C(c1ccccc1)c1ccccc1. The lowest BCUT2D eigenvalue weighted by Crippen LogP contribution is -2.39. The second-order valence-corrected chi connectivity index (χ2v) is 5.34. The van der Waals surface area contributed by atoms with Crippen LogP contribution in [0.5, 0.6) is 0 Å². The van der Waals surface area contributed by atoms with Gasteiger partial charge in [-0.1, -0.05) is 60.7 Å². The van der Waals surface area contributed by atoms with E-state index in [4.69, 9.17) is 0 Å². The lowest BCUT2D eigenvalue weighted by atomic mass is 9.77. The van der Waals surface area contributed by atoms with Crippen molar-refractivity contribution in [3.05, 3.63) is 71.8 Å². The van der Waals surface area contributed by atoms with E-state index in [2.05, 4.69) is 29.6 Å². The number of carbonyl (C=O) groups excluding carboxylic acids is 1. The molecule has 1 aliphatic rings. The van der Waals surface area contributed by atoms with E-state index in [9.17, 15) is 4.79 Å². The zero-order chi connectivity index (χ0) is 13.8. The number of nitrogens with one attached hydrogen (secondary N) is 1. The van der Waals surface area contributed by atoms with E-state index in [1.165, 1.54) is 11.1 Å². The van der Waals surface area contributed by atoms with E-state index in [0.29, 0.717) is 0 Å². The molecule has 20 heavy (non-hydrogen) atoms. The second kappa shape index (κ2) is 5.91. The molecule has 1 unspecified atom stereocenters. The molecule has 102 valence electrons. The Labute approximate surface area is 119 Å². The number of piperidine rings is 1. The van der Waals surface area contributed by atoms with E-state index in [0.717, 1.165) is 19.4 Å². The summed E-state index contributed by atoms with van der Waals surface area (Å²) in [5.74, 6) is 0.375. The van der Waals surface area contributed by atoms with Crippen LogP contribution >= 0.6 is 0 Å². The van der Waals surface area contributed by atoms with Crippen LogP contribution in [0.3, 0.4) is 0 Å². The molecule has 2 aromatic carbocycles. The Balaban J connectivity index is 2.02. The summed E-state index contributed by atoms with van der Waals surface area (Å²) in [5.41, 5.74) is 2.45. The molecule has 1 atom stereocenters. The van der Waals surface area contributed by atoms with Crippen molar-refractivity contribution in [2.75, 3.05) is 6.54 Å². The van der Waals surface area contributed by atoms with Crippen molar-refractivity contribution >= 4 is 5.91 Å². The molecule has 1 aliphatic heterocycles. The Hall–Kier alpha value is -2.09. The largest absolute Gasteiger partial charge is 0.356 e. The first-order valence-corrected chi connectivity index (χ1v) is 7.24. The average Bonchev–Trinajstić information content (AvgIpc) is 2.52. The minimum absolute atomic E-state index is 0.0357. The number of rotatable bonds is 3. The molecule has 2 aromatic rings. The summed E-state index contributed by atoms with van der Waals surface area (Å²) < 4.78 is 0. The minimum Gasteiger partial charge on any atom is -0.356 e. The summed E-state index contributed by atoms with van der Waals surface area (Å²) in [6, 6.07) is 20.7. The maximum atomic E-state index is 12.3. The number of carbonyl (C=O) groups is 1. The van der Waals surface area contributed by atoms with Crippen LogP contribution in [0.2, 0.25) is 0 Å². The third-order valence-corrected chi connectivity index (χ3v) is 4.05. The van der Waals surface area contributed by atoms with Crippen LogP contribution < -0.4 is 5.32 Å². The zero-order valence-electron chi connectivity index (χ0n) is 11.5. The molecule has 2 nitrogen and oxygen atoms in total. The van der Waals surface area contributed by atoms with E-state index >= 15 is 0 Å². The van der Waals surface area contributed by atoms with Crippen molar-refractivity contribution in [1.29, 1.82) is 0 Å². The van der Waals surface area contributed by atoms with Crippen molar-refractivity contribution in [3.8, 4) is 0 Å². The van der Waals surface area contributed by atoms with Crippen LogP contribution in [0, 0.1) is 5.92 Å². The van der Waals surface area contributed by atoms with E-state index in [1.807, 2.05) is 36.4 Å². The first kappa shape index (κ1) is 12.9. The third-order valence-electron chi connectivity index (χ3n) is 4.05. The smallest absolute Gasteiger partial charge is 0.224 e. The molecule has 0 aliphatic carbocycles. The molecule has 1 N–H and O–H groups in total. The van der Waals surface area contributed by atoms with Crippen LogP contribution in [-0.2, 0) is 4.79 Å².